The number of likely N-dealkylation sites (tertiary alicyclic amines) is 1. The van der Waals surface area contributed by atoms with Crippen LogP contribution in [0.5, 0.6) is 0 Å². The van der Waals surface area contributed by atoms with Crippen LogP contribution in [0.4, 0.5) is 4.39 Å². The number of carbonyl (C=O) groups excluding carboxylic acids is 1. The maximum Gasteiger partial charge on any atom is 0.254 e. The number of pyridine rings is 1. The van der Waals surface area contributed by atoms with Crippen LogP contribution in [0, 0.1) is 29.0 Å². The molecule has 1 saturated heterocycles. The van der Waals surface area contributed by atoms with Crippen molar-refractivity contribution in [3.05, 3.63) is 47.9 Å². The number of ether oxygens (including phenoxy) is 1. The van der Waals surface area contributed by atoms with E-state index in [-0.39, 0.29) is 23.4 Å². The molecule has 8 rings (SSSR count). The molecule has 4 aromatic rings. The Balaban J connectivity index is 1.23. The van der Waals surface area contributed by atoms with Gasteiger partial charge in [-0.2, -0.15) is 0 Å². The summed E-state index contributed by atoms with van der Waals surface area (Å²) in [5.41, 5.74) is 9.78. The van der Waals surface area contributed by atoms with Gasteiger partial charge in [0.2, 0.25) is 0 Å². The number of halogens is 1. The van der Waals surface area contributed by atoms with Gasteiger partial charge in [-0.15, -0.1) is 0 Å². The maximum atomic E-state index is 16.2. The largest absolute Gasteiger partial charge is 0.384 e. The van der Waals surface area contributed by atoms with Gasteiger partial charge in [-0.1, -0.05) is 6.92 Å². The Bertz CT molecular complexity index is 1700. The van der Waals surface area contributed by atoms with Gasteiger partial charge in [0, 0.05) is 56.0 Å². The lowest BCUT2D eigenvalue weighted by Gasteiger charge is -2.45. The predicted octanol–water partition coefficient (Wildman–Crippen LogP) is 5.23. The molecule has 4 fully saturated rings. The Hall–Kier alpha value is -3.30. The summed E-state index contributed by atoms with van der Waals surface area (Å²) in [7, 11) is 1.75. The van der Waals surface area contributed by atoms with E-state index in [9.17, 15) is 4.79 Å². The Morgan fingerprint density at radius 2 is 1.93 bits per heavy atom. The third-order valence-electron chi connectivity index (χ3n) is 10.5. The zero-order valence-corrected chi connectivity index (χ0v) is 24.4. The summed E-state index contributed by atoms with van der Waals surface area (Å²) in [6, 6.07) is 9.44. The molecule has 2 N–H and O–H groups in total. The first-order valence-corrected chi connectivity index (χ1v) is 15.5. The van der Waals surface area contributed by atoms with Crippen LogP contribution >= 0.6 is 0 Å². The number of rotatable bonds is 8. The van der Waals surface area contributed by atoms with Crippen molar-refractivity contribution in [3.8, 4) is 11.5 Å². The van der Waals surface area contributed by atoms with Crippen LogP contribution in [0.2, 0.25) is 0 Å². The van der Waals surface area contributed by atoms with Gasteiger partial charge < -0.3 is 24.5 Å². The van der Waals surface area contributed by atoms with E-state index in [2.05, 4.69) is 28.2 Å². The molecule has 3 atom stereocenters. The van der Waals surface area contributed by atoms with Crippen molar-refractivity contribution in [1.29, 1.82) is 0 Å². The van der Waals surface area contributed by atoms with Crippen LogP contribution in [0.25, 0.3) is 33.6 Å². The van der Waals surface area contributed by atoms with Gasteiger partial charge in [-0.05, 0) is 92.0 Å². The third-order valence-corrected chi connectivity index (χ3v) is 10.5. The smallest absolute Gasteiger partial charge is 0.254 e. The molecule has 0 spiro atoms. The fourth-order valence-electron chi connectivity index (χ4n) is 8.37. The Morgan fingerprint density at radius 1 is 1.12 bits per heavy atom. The highest BCUT2D eigenvalue weighted by atomic mass is 19.1. The minimum absolute atomic E-state index is 0.0154. The minimum Gasteiger partial charge on any atom is -0.384 e. The molecule has 1 aromatic carbocycles. The molecule has 8 nitrogen and oxygen atoms in total. The van der Waals surface area contributed by atoms with Crippen LogP contribution in [-0.2, 0) is 17.8 Å². The lowest BCUT2D eigenvalue weighted by Crippen LogP contribution is -2.41. The molecule has 220 valence electrons. The van der Waals surface area contributed by atoms with Crippen molar-refractivity contribution < 1.29 is 13.9 Å². The fourth-order valence-corrected chi connectivity index (χ4v) is 8.37. The quantitative estimate of drug-likeness (QED) is 0.313. The standard InChI is InChI=1S/C33H39FN6O2/c1-33(18-42-2)13-20(14-33)16-40-29-24(34)10-23(32(41)39-17-22-7-8-26(39)28(22)35)11-25(29)37-31(40)27-12-21-4-3-9-36-30(21)38(27)15-19-5-6-19/h3-4,9-12,19-20,22,26,28H,5-8,13-18,35H2,1-2H3/t20-,22?,26?,28?,33+. The number of methoxy groups -OCH3 is 1. The topological polar surface area (TPSA) is 91.2 Å². The van der Waals surface area contributed by atoms with Gasteiger partial charge in [-0.25, -0.2) is 14.4 Å². The average molecular weight is 571 g/mol. The van der Waals surface area contributed by atoms with Crippen molar-refractivity contribution in [3.63, 3.8) is 0 Å². The van der Waals surface area contributed by atoms with E-state index in [1.807, 2.05) is 17.2 Å². The molecule has 9 heteroatoms. The number of nitrogens with zero attached hydrogens (tertiary/aromatic N) is 5. The second kappa shape index (κ2) is 9.61. The van der Waals surface area contributed by atoms with E-state index in [1.165, 1.54) is 18.9 Å². The van der Waals surface area contributed by atoms with E-state index in [1.54, 1.807) is 13.2 Å². The molecule has 1 aliphatic heterocycles. The Labute approximate surface area is 245 Å². The monoisotopic (exact) mass is 570 g/mol. The second-order valence-electron chi connectivity index (χ2n) is 13.8. The lowest BCUT2D eigenvalue weighted by atomic mass is 9.63. The number of hydrogen-bond acceptors (Lipinski definition) is 5. The SMILES string of the molecule is COC[C@]1(C)C[C@H](Cn2c(-c3cc4cccnc4n3CC3CC3)nc3cc(C(=O)N4CC5CCC4C5N)cc(F)c32)C1. The van der Waals surface area contributed by atoms with Gasteiger partial charge in [0.1, 0.15) is 17.0 Å². The summed E-state index contributed by atoms with van der Waals surface area (Å²) in [6.07, 6.45) is 8.27. The number of nitrogens with two attached hydrogens (primary N) is 1. The third kappa shape index (κ3) is 4.19. The zero-order chi connectivity index (χ0) is 28.7. The van der Waals surface area contributed by atoms with E-state index in [4.69, 9.17) is 20.4 Å². The molecular weight excluding hydrogens is 531 g/mol. The van der Waals surface area contributed by atoms with Crippen LogP contribution in [-0.4, -0.2) is 62.3 Å². The summed E-state index contributed by atoms with van der Waals surface area (Å²) < 4.78 is 26.0. The fraction of sp³-hybridized carbons (Fsp3) is 0.545. The Morgan fingerprint density at radius 3 is 2.64 bits per heavy atom. The number of benzene rings is 1. The van der Waals surface area contributed by atoms with Gasteiger partial charge in [0.15, 0.2) is 5.82 Å². The van der Waals surface area contributed by atoms with E-state index >= 15 is 4.39 Å². The molecular formula is C33H39FN6O2. The zero-order valence-electron chi connectivity index (χ0n) is 24.4. The van der Waals surface area contributed by atoms with Crippen molar-refractivity contribution in [1.82, 2.24) is 24.0 Å². The van der Waals surface area contributed by atoms with Crippen LogP contribution < -0.4 is 5.73 Å². The highest BCUT2D eigenvalue weighted by Gasteiger charge is 2.47. The summed E-state index contributed by atoms with van der Waals surface area (Å²) in [4.78, 5) is 25.3. The second-order valence-corrected chi connectivity index (χ2v) is 13.8. The number of carbonyl (C=O) groups is 1. The van der Waals surface area contributed by atoms with Crippen molar-refractivity contribution >= 4 is 28.0 Å². The van der Waals surface area contributed by atoms with Crippen molar-refractivity contribution in [2.75, 3.05) is 20.3 Å². The van der Waals surface area contributed by atoms with Crippen LogP contribution in [0.15, 0.2) is 36.5 Å². The molecule has 1 amide bonds. The maximum absolute atomic E-state index is 16.2. The summed E-state index contributed by atoms with van der Waals surface area (Å²) in [6.45, 7) is 5.18. The van der Waals surface area contributed by atoms with Gasteiger partial charge >= 0.3 is 0 Å². The molecule has 4 heterocycles. The summed E-state index contributed by atoms with van der Waals surface area (Å²) in [5, 5.41) is 1.06. The average Bonchev–Trinajstić information content (AvgIpc) is 3.31. The number of imidazole rings is 1. The van der Waals surface area contributed by atoms with Crippen LogP contribution in [0.3, 0.4) is 0 Å². The highest BCUT2D eigenvalue weighted by molar-refractivity contribution is 5.98. The molecule has 3 aromatic heterocycles. The first-order chi connectivity index (χ1) is 20.3. The molecule has 3 saturated carbocycles. The molecule has 3 unspecified atom stereocenters. The summed E-state index contributed by atoms with van der Waals surface area (Å²) in [5.74, 6) is 1.56. The number of aromatic nitrogens is 4. The predicted molar refractivity (Wildman–Crippen MR) is 159 cm³/mol. The van der Waals surface area contributed by atoms with Crippen molar-refractivity contribution in [2.24, 2.45) is 28.9 Å². The molecule has 4 aliphatic rings. The van der Waals surface area contributed by atoms with E-state index in [0.717, 1.165) is 61.4 Å². The molecule has 0 radical (unpaired) electrons. The Kier molecular flexibility index (Phi) is 6.02. The lowest BCUT2D eigenvalue weighted by molar-refractivity contribution is -0.0142. The van der Waals surface area contributed by atoms with Gasteiger partial charge in [-0.3, -0.25) is 4.79 Å². The normalized spacial score (nSPS) is 28.7. The first-order valence-electron chi connectivity index (χ1n) is 15.5. The van der Waals surface area contributed by atoms with E-state index in [0.29, 0.717) is 47.4 Å². The number of hydrogen-bond donors (Lipinski definition) is 1. The minimum atomic E-state index is -0.398. The summed E-state index contributed by atoms with van der Waals surface area (Å²) >= 11 is 0. The van der Waals surface area contributed by atoms with Gasteiger partial charge in [0.05, 0.1) is 17.8 Å². The highest BCUT2D eigenvalue weighted by Crippen LogP contribution is 2.47. The van der Waals surface area contributed by atoms with E-state index < -0.39 is 5.82 Å². The molecule has 42 heavy (non-hydrogen) atoms. The number of fused-ring (bicyclic) bond motifs is 4. The van der Waals surface area contributed by atoms with Gasteiger partial charge in [0.25, 0.3) is 5.91 Å². The molecule has 3 aliphatic carbocycles. The first kappa shape index (κ1) is 26.3. The number of amides is 1. The van der Waals surface area contributed by atoms with Crippen molar-refractivity contribution in [2.45, 2.75) is 70.6 Å². The molecule has 2 bridgehead atoms. The van der Waals surface area contributed by atoms with Crippen LogP contribution in [0.1, 0.15) is 55.8 Å². The number of piperidine rings is 1.